The van der Waals surface area contributed by atoms with Crippen LogP contribution in [-0.2, 0) is 0 Å². The van der Waals surface area contributed by atoms with Gasteiger partial charge in [0, 0.05) is 19.2 Å². The van der Waals surface area contributed by atoms with Gasteiger partial charge in [-0.3, -0.25) is 0 Å². The lowest BCUT2D eigenvalue weighted by Crippen LogP contribution is -2.04. The summed E-state index contributed by atoms with van der Waals surface area (Å²) in [5.74, 6) is 2.75. The van der Waals surface area contributed by atoms with E-state index in [0.29, 0.717) is 23.1 Å². The molecule has 0 bridgehead atoms. The number of aromatic nitrogens is 2. The number of methoxy groups -OCH3 is 2. The van der Waals surface area contributed by atoms with Crippen LogP contribution in [0.4, 0.5) is 23.3 Å². The number of ether oxygens (including phenoxy) is 2. The first kappa shape index (κ1) is 13.7. The molecule has 1 heterocycles. The Kier molecular flexibility index (Phi) is 4.09. The molecule has 0 amide bonds. The zero-order chi connectivity index (χ0) is 14.5. The zero-order valence-electron chi connectivity index (χ0n) is 11.6. The number of nitrogen functional groups attached to an aromatic ring is 1. The van der Waals surface area contributed by atoms with Crippen molar-refractivity contribution in [3.63, 3.8) is 0 Å². The molecule has 0 unspecified atom stereocenters. The van der Waals surface area contributed by atoms with E-state index in [4.69, 9.17) is 15.2 Å². The first-order chi connectivity index (χ1) is 9.66. The average molecular weight is 275 g/mol. The third-order valence-corrected chi connectivity index (χ3v) is 2.67. The van der Waals surface area contributed by atoms with Crippen LogP contribution in [0.2, 0.25) is 0 Å². The first-order valence-corrected chi connectivity index (χ1v) is 5.97. The molecular weight excluding hydrogens is 258 g/mol. The highest BCUT2D eigenvalue weighted by Crippen LogP contribution is 2.31. The Balaban J connectivity index is 2.31. The number of benzene rings is 1. The van der Waals surface area contributed by atoms with E-state index in [0.717, 1.165) is 5.69 Å². The summed E-state index contributed by atoms with van der Waals surface area (Å²) < 4.78 is 10.5. The highest BCUT2D eigenvalue weighted by atomic mass is 16.5. The Hall–Kier alpha value is -2.70. The second-order valence-electron chi connectivity index (χ2n) is 3.94. The van der Waals surface area contributed by atoms with Crippen LogP contribution >= 0.6 is 0 Å². The van der Waals surface area contributed by atoms with Crippen molar-refractivity contribution in [2.24, 2.45) is 0 Å². The van der Waals surface area contributed by atoms with Gasteiger partial charge in [-0.05, 0) is 12.1 Å². The number of anilines is 4. The van der Waals surface area contributed by atoms with E-state index in [-0.39, 0.29) is 5.95 Å². The number of rotatable bonds is 5. The highest BCUT2D eigenvalue weighted by molar-refractivity contribution is 5.67. The van der Waals surface area contributed by atoms with Crippen molar-refractivity contribution in [3.05, 3.63) is 24.3 Å². The largest absolute Gasteiger partial charge is 0.497 e. The van der Waals surface area contributed by atoms with E-state index in [2.05, 4.69) is 20.6 Å². The summed E-state index contributed by atoms with van der Waals surface area (Å²) in [6.07, 6.45) is 0. The first-order valence-electron chi connectivity index (χ1n) is 5.97. The average Bonchev–Trinajstić information content (AvgIpc) is 2.47. The van der Waals surface area contributed by atoms with Gasteiger partial charge in [-0.1, -0.05) is 0 Å². The van der Waals surface area contributed by atoms with Crippen LogP contribution in [0.5, 0.6) is 11.5 Å². The molecular formula is C13H17N5O2. The molecule has 0 aliphatic rings. The fourth-order valence-electron chi connectivity index (χ4n) is 1.70. The van der Waals surface area contributed by atoms with Crippen LogP contribution in [-0.4, -0.2) is 31.2 Å². The molecule has 4 N–H and O–H groups in total. The second-order valence-corrected chi connectivity index (χ2v) is 3.94. The van der Waals surface area contributed by atoms with Gasteiger partial charge in [0.15, 0.2) is 0 Å². The summed E-state index contributed by atoms with van der Waals surface area (Å²) in [6.45, 7) is 0. The van der Waals surface area contributed by atoms with Crippen LogP contribution < -0.4 is 25.8 Å². The van der Waals surface area contributed by atoms with E-state index in [1.54, 1.807) is 33.4 Å². The molecule has 0 saturated heterocycles. The molecule has 0 aliphatic heterocycles. The quantitative estimate of drug-likeness (QED) is 0.766. The Labute approximate surface area is 117 Å². The maximum Gasteiger partial charge on any atom is 0.223 e. The highest BCUT2D eigenvalue weighted by Gasteiger charge is 2.07. The smallest absolute Gasteiger partial charge is 0.223 e. The molecule has 0 radical (unpaired) electrons. The lowest BCUT2D eigenvalue weighted by atomic mass is 10.2. The normalized spacial score (nSPS) is 9.95. The Morgan fingerprint density at radius 1 is 1.05 bits per heavy atom. The third-order valence-electron chi connectivity index (χ3n) is 2.67. The van der Waals surface area contributed by atoms with Gasteiger partial charge in [-0.2, -0.15) is 9.97 Å². The van der Waals surface area contributed by atoms with Gasteiger partial charge in [0.2, 0.25) is 5.95 Å². The Morgan fingerprint density at radius 3 is 2.45 bits per heavy atom. The number of hydrogen-bond acceptors (Lipinski definition) is 7. The van der Waals surface area contributed by atoms with Crippen LogP contribution in [0, 0.1) is 0 Å². The fourth-order valence-corrected chi connectivity index (χ4v) is 1.70. The van der Waals surface area contributed by atoms with Gasteiger partial charge >= 0.3 is 0 Å². The lowest BCUT2D eigenvalue weighted by Gasteiger charge is -2.12. The van der Waals surface area contributed by atoms with E-state index in [9.17, 15) is 0 Å². The summed E-state index contributed by atoms with van der Waals surface area (Å²) in [4.78, 5) is 8.15. The maximum atomic E-state index is 5.65. The molecule has 7 heteroatoms. The number of nitrogens with zero attached hydrogens (tertiary/aromatic N) is 2. The Morgan fingerprint density at radius 2 is 1.80 bits per heavy atom. The zero-order valence-corrected chi connectivity index (χ0v) is 11.6. The minimum atomic E-state index is 0.187. The molecule has 0 aliphatic carbocycles. The van der Waals surface area contributed by atoms with Crippen molar-refractivity contribution in [2.45, 2.75) is 0 Å². The maximum absolute atomic E-state index is 5.65. The van der Waals surface area contributed by atoms with E-state index in [1.165, 1.54) is 0 Å². The molecule has 0 saturated carbocycles. The fraction of sp³-hybridized carbons (Fsp3) is 0.231. The molecule has 20 heavy (non-hydrogen) atoms. The molecule has 1 aromatic heterocycles. The van der Waals surface area contributed by atoms with E-state index < -0.39 is 0 Å². The summed E-state index contributed by atoms with van der Waals surface area (Å²) in [7, 11) is 4.96. The molecule has 2 rings (SSSR count). The Bertz CT molecular complexity index is 603. The van der Waals surface area contributed by atoms with E-state index in [1.807, 2.05) is 12.1 Å². The number of nitrogens with one attached hydrogen (secondary N) is 2. The van der Waals surface area contributed by atoms with E-state index >= 15 is 0 Å². The lowest BCUT2D eigenvalue weighted by molar-refractivity contribution is 0.395. The summed E-state index contributed by atoms with van der Waals surface area (Å²) >= 11 is 0. The monoisotopic (exact) mass is 275 g/mol. The minimum Gasteiger partial charge on any atom is -0.497 e. The van der Waals surface area contributed by atoms with Crippen molar-refractivity contribution < 1.29 is 9.47 Å². The summed E-state index contributed by atoms with van der Waals surface area (Å²) in [5, 5.41) is 6.06. The third kappa shape index (κ3) is 3.00. The number of hydrogen-bond donors (Lipinski definition) is 3. The molecule has 1 aromatic carbocycles. The molecule has 2 aromatic rings. The van der Waals surface area contributed by atoms with Gasteiger partial charge < -0.3 is 25.8 Å². The van der Waals surface area contributed by atoms with Crippen LogP contribution in [0.15, 0.2) is 24.3 Å². The molecule has 0 fully saturated rings. The van der Waals surface area contributed by atoms with Crippen LogP contribution in [0.3, 0.4) is 0 Å². The predicted octanol–water partition coefficient (Wildman–Crippen LogP) is 1.86. The molecule has 106 valence electrons. The summed E-state index contributed by atoms with van der Waals surface area (Å²) in [5.41, 5.74) is 6.41. The van der Waals surface area contributed by atoms with Gasteiger partial charge in [-0.25, -0.2) is 0 Å². The standard InChI is InChI=1S/C13H17N5O2/c1-15-11-7-12(18-13(14)17-11)16-9-5-4-8(19-2)6-10(9)20-3/h4-7H,1-3H3,(H4,14,15,16,17,18). The van der Waals surface area contributed by atoms with Crippen molar-refractivity contribution >= 4 is 23.3 Å². The molecule has 0 spiro atoms. The minimum absolute atomic E-state index is 0.187. The molecule has 0 atom stereocenters. The van der Waals surface area contributed by atoms with Crippen molar-refractivity contribution in [2.75, 3.05) is 37.6 Å². The van der Waals surface area contributed by atoms with Gasteiger partial charge in [0.25, 0.3) is 0 Å². The van der Waals surface area contributed by atoms with Gasteiger partial charge in [-0.15, -0.1) is 0 Å². The molecule has 7 nitrogen and oxygen atoms in total. The van der Waals surface area contributed by atoms with Crippen LogP contribution in [0.1, 0.15) is 0 Å². The predicted molar refractivity (Wildman–Crippen MR) is 78.8 cm³/mol. The van der Waals surface area contributed by atoms with Crippen molar-refractivity contribution in [1.29, 1.82) is 0 Å². The van der Waals surface area contributed by atoms with Crippen LogP contribution in [0.25, 0.3) is 0 Å². The SMILES string of the molecule is CNc1cc(Nc2ccc(OC)cc2OC)nc(N)n1. The van der Waals surface area contributed by atoms with Crippen molar-refractivity contribution in [3.8, 4) is 11.5 Å². The van der Waals surface area contributed by atoms with Gasteiger partial charge in [0.05, 0.1) is 19.9 Å². The topological polar surface area (TPSA) is 94.3 Å². The second kappa shape index (κ2) is 5.96. The van der Waals surface area contributed by atoms with Crippen molar-refractivity contribution in [1.82, 2.24) is 9.97 Å². The number of nitrogens with two attached hydrogens (primary N) is 1. The summed E-state index contributed by atoms with van der Waals surface area (Å²) in [6, 6.07) is 7.20. The van der Waals surface area contributed by atoms with Gasteiger partial charge in [0.1, 0.15) is 23.1 Å².